The van der Waals surface area contributed by atoms with Gasteiger partial charge in [-0.2, -0.15) is 0 Å². The van der Waals surface area contributed by atoms with Gasteiger partial charge < -0.3 is 19.7 Å². The molecule has 0 aliphatic carbocycles. The number of carbonyl (C=O) groups excluding carboxylic acids is 3. The Morgan fingerprint density at radius 3 is 2.44 bits per heavy atom. The second kappa shape index (κ2) is 11.7. The largest absolute Gasteiger partial charge is 0.483 e. The highest BCUT2D eigenvalue weighted by atomic mass is 32.1. The lowest BCUT2D eigenvalue weighted by Crippen LogP contribution is -2.35. The van der Waals surface area contributed by atoms with Crippen molar-refractivity contribution in [3.8, 4) is 5.75 Å². The predicted octanol–water partition coefficient (Wildman–Crippen LogP) is 4.52. The van der Waals surface area contributed by atoms with E-state index in [1.807, 2.05) is 11.8 Å². The number of anilines is 1. The average molecular weight is 459 g/mol. The zero-order valence-corrected chi connectivity index (χ0v) is 19.5. The van der Waals surface area contributed by atoms with Gasteiger partial charge in [0.2, 0.25) is 0 Å². The van der Waals surface area contributed by atoms with Crippen LogP contribution in [-0.4, -0.2) is 49.0 Å². The minimum atomic E-state index is -0.466. The first-order valence-electron chi connectivity index (χ1n) is 11.1. The highest BCUT2D eigenvalue weighted by Crippen LogP contribution is 2.30. The van der Waals surface area contributed by atoms with Crippen LogP contribution in [0.15, 0.2) is 30.3 Å². The summed E-state index contributed by atoms with van der Waals surface area (Å²) < 4.78 is 10.9. The maximum atomic E-state index is 13.0. The number of rotatable bonds is 8. The number of nitrogens with zero attached hydrogens (tertiary/aromatic N) is 1. The topological polar surface area (TPSA) is 84.9 Å². The van der Waals surface area contributed by atoms with E-state index in [0.717, 1.165) is 50.1 Å². The van der Waals surface area contributed by atoms with Crippen LogP contribution < -0.4 is 10.1 Å². The molecular formula is C24H30N2O5S. The number of aryl methyl sites for hydroxylation is 1. The molecule has 2 amide bonds. The van der Waals surface area contributed by atoms with Crippen molar-refractivity contribution < 1.29 is 23.9 Å². The highest BCUT2D eigenvalue weighted by Gasteiger charge is 2.22. The van der Waals surface area contributed by atoms with Gasteiger partial charge in [-0.3, -0.25) is 9.59 Å². The normalized spacial score (nSPS) is 13.9. The lowest BCUT2D eigenvalue weighted by atomic mass is 10.2. The molecule has 2 aromatic rings. The first-order chi connectivity index (χ1) is 15.5. The van der Waals surface area contributed by atoms with Gasteiger partial charge >= 0.3 is 5.97 Å². The Kier molecular flexibility index (Phi) is 8.67. The molecule has 0 unspecified atom stereocenters. The van der Waals surface area contributed by atoms with Gasteiger partial charge in [-0.25, -0.2) is 4.79 Å². The second-order valence-electron chi connectivity index (χ2n) is 7.56. The zero-order chi connectivity index (χ0) is 22.9. The highest BCUT2D eigenvalue weighted by molar-refractivity contribution is 7.16. The first kappa shape index (κ1) is 23.8. The van der Waals surface area contributed by atoms with Crippen molar-refractivity contribution in [2.24, 2.45) is 0 Å². The number of amides is 2. The van der Waals surface area contributed by atoms with Gasteiger partial charge in [-0.15, -0.1) is 11.3 Å². The fourth-order valence-electron chi connectivity index (χ4n) is 3.57. The fraction of sp³-hybridized carbons (Fsp3) is 0.458. The van der Waals surface area contributed by atoms with Gasteiger partial charge in [0.1, 0.15) is 10.8 Å². The first-order valence-corrected chi connectivity index (χ1v) is 12.0. The molecule has 1 saturated heterocycles. The molecule has 0 bridgehead atoms. The van der Waals surface area contributed by atoms with Gasteiger partial charge in [0.25, 0.3) is 11.8 Å². The van der Waals surface area contributed by atoms with Crippen LogP contribution in [0.2, 0.25) is 0 Å². The number of likely N-dealkylation sites (tertiary alicyclic amines) is 1. The minimum Gasteiger partial charge on any atom is -0.483 e. The van der Waals surface area contributed by atoms with Crippen molar-refractivity contribution in [2.45, 2.75) is 46.0 Å². The van der Waals surface area contributed by atoms with Crippen molar-refractivity contribution in [2.75, 3.05) is 31.6 Å². The summed E-state index contributed by atoms with van der Waals surface area (Å²) in [6.45, 7) is 5.36. The predicted molar refractivity (Wildman–Crippen MR) is 125 cm³/mol. The molecule has 32 heavy (non-hydrogen) atoms. The Labute approximate surface area is 192 Å². The van der Waals surface area contributed by atoms with E-state index in [4.69, 9.17) is 9.47 Å². The third-order valence-electron chi connectivity index (χ3n) is 5.30. The summed E-state index contributed by atoms with van der Waals surface area (Å²) >= 11 is 1.35. The van der Waals surface area contributed by atoms with Gasteiger partial charge in [0.05, 0.1) is 17.7 Å². The molecule has 172 valence electrons. The molecule has 0 spiro atoms. The van der Waals surface area contributed by atoms with Gasteiger partial charge in [0, 0.05) is 18.0 Å². The molecule has 2 heterocycles. The Balaban J connectivity index is 1.71. The second-order valence-corrected chi connectivity index (χ2v) is 8.70. The molecule has 1 aliphatic rings. The number of nitrogens with one attached hydrogen (secondary N) is 1. The van der Waals surface area contributed by atoms with E-state index in [-0.39, 0.29) is 19.1 Å². The number of para-hydroxylation sites is 1. The smallest absolute Gasteiger partial charge is 0.341 e. The monoisotopic (exact) mass is 458 g/mol. The standard InChI is InChI=1S/C24H30N2O5S/c1-3-17-15-19(24(29)30-4-2)23(32-17)25-22(28)18-11-7-8-12-20(18)31-16-21(27)26-13-9-5-6-10-14-26/h7-8,11-12,15H,3-6,9-10,13-14,16H2,1-2H3,(H,25,28). The van der Waals surface area contributed by atoms with Crippen molar-refractivity contribution >= 4 is 34.1 Å². The third kappa shape index (κ3) is 6.09. The summed E-state index contributed by atoms with van der Waals surface area (Å²) in [6, 6.07) is 8.55. The molecule has 0 saturated carbocycles. The fourth-order valence-corrected chi connectivity index (χ4v) is 4.55. The molecular weight excluding hydrogens is 428 g/mol. The molecule has 0 atom stereocenters. The number of esters is 1. The van der Waals surface area contributed by atoms with Crippen LogP contribution in [0.25, 0.3) is 0 Å². The van der Waals surface area contributed by atoms with Crippen LogP contribution in [-0.2, 0) is 16.0 Å². The summed E-state index contributed by atoms with van der Waals surface area (Å²) in [5, 5.41) is 3.27. The van der Waals surface area contributed by atoms with Gasteiger partial charge in [0.15, 0.2) is 6.61 Å². The number of hydrogen-bond donors (Lipinski definition) is 1. The third-order valence-corrected chi connectivity index (χ3v) is 6.49. The molecule has 1 aromatic heterocycles. The van der Waals surface area contributed by atoms with Crippen LogP contribution in [0.5, 0.6) is 5.75 Å². The molecule has 3 rings (SSSR count). The maximum Gasteiger partial charge on any atom is 0.341 e. The van der Waals surface area contributed by atoms with E-state index in [0.29, 0.717) is 21.9 Å². The Bertz CT molecular complexity index is 948. The van der Waals surface area contributed by atoms with Crippen molar-refractivity contribution in [1.29, 1.82) is 0 Å². The summed E-state index contributed by atoms with van der Waals surface area (Å²) in [5.41, 5.74) is 0.647. The van der Waals surface area contributed by atoms with Crippen molar-refractivity contribution in [1.82, 2.24) is 4.90 Å². The van der Waals surface area contributed by atoms with E-state index in [1.54, 1.807) is 37.3 Å². The summed E-state index contributed by atoms with van der Waals surface area (Å²) in [7, 11) is 0. The van der Waals surface area contributed by atoms with Crippen LogP contribution in [0.4, 0.5) is 5.00 Å². The summed E-state index contributed by atoms with van der Waals surface area (Å²) in [4.78, 5) is 40.7. The van der Waals surface area contributed by atoms with E-state index < -0.39 is 11.9 Å². The molecule has 1 fully saturated rings. The lowest BCUT2D eigenvalue weighted by Gasteiger charge is -2.20. The van der Waals surface area contributed by atoms with Crippen molar-refractivity contribution in [3.05, 3.63) is 46.3 Å². The van der Waals surface area contributed by atoms with Crippen LogP contribution in [0, 0.1) is 0 Å². The maximum absolute atomic E-state index is 13.0. The molecule has 8 heteroatoms. The molecule has 0 radical (unpaired) electrons. The Morgan fingerprint density at radius 1 is 1.03 bits per heavy atom. The van der Waals surface area contributed by atoms with E-state index in [9.17, 15) is 14.4 Å². The summed E-state index contributed by atoms with van der Waals surface area (Å²) in [6.07, 6.45) is 5.04. The Hall–Kier alpha value is -2.87. The van der Waals surface area contributed by atoms with E-state index in [1.165, 1.54) is 11.3 Å². The number of hydrogen-bond acceptors (Lipinski definition) is 6. The average Bonchev–Trinajstić information content (AvgIpc) is 3.01. The van der Waals surface area contributed by atoms with E-state index in [2.05, 4.69) is 5.32 Å². The minimum absolute atomic E-state index is 0.0717. The number of thiophene rings is 1. The molecule has 1 aliphatic heterocycles. The van der Waals surface area contributed by atoms with Crippen molar-refractivity contribution in [3.63, 3.8) is 0 Å². The number of benzene rings is 1. The number of carbonyl (C=O) groups is 3. The Morgan fingerprint density at radius 2 is 1.75 bits per heavy atom. The SMILES string of the molecule is CCOC(=O)c1cc(CC)sc1NC(=O)c1ccccc1OCC(=O)N1CCCCCC1. The lowest BCUT2D eigenvalue weighted by molar-refractivity contribution is -0.133. The summed E-state index contributed by atoms with van der Waals surface area (Å²) in [5.74, 6) is -0.611. The number of ether oxygens (including phenoxy) is 2. The molecule has 1 N–H and O–H groups in total. The van der Waals surface area contributed by atoms with Crippen LogP contribution in [0.1, 0.15) is 65.1 Å². The van der Waals surface area contributed by atoms with E-state index >= 15 is 0 Å². The van der Waals surface area contributed by atoms with Crippen LogP contribution >= 0.6 is 11.3 Å². The van der Waals surface area contributed by atoms with Gasteiger partial charge in [-0.1, -0.05) is 31.9 Å². The zero-order valence-electron chi connectivity index (χ0n) is 18.6. The van der Waals surface area contributed by atoms with Gasteiger partial charge in [-0.05, 0) is 44.4 Å². The molecule has 1 aromatic carbocycles. The quantitative estimate of drug-likeness (QED) is 0.588. The van der Waals surface area contributed by atoms with Crippen LogP contribution in [0.3, 0.4) is 0 Å². The molecule has 7 nitrogen and oxygen atoms in total.